The summed E-state index contributed by atoms with van der Waals surface area (Å²) in [6.07, 6.45) is -3.67. The Bertz CT molecular complexity index is 1570. The Balaban J connectivity index is 1.27. The molecule has 0 bridgehead atoms. The van der Waals surface area contributed by atoms with Crippen LogP contribution >= 0.6 is 0 Å². The lowest BCUT2D eigenvalue weighted by molar-refractivity contribution is -0.140. The Morgan fingerprint density at radius 3 is 2.12 bits per heavy atom. The van der Waals surface area contributed by atoms with E-state index in [1.807, 2.05) is 48.5 Å². The van der Waals surface area contributed by atoms with Crippen molar-refractivity contribution in [2.45, 2.75) is 50.6 Å². The Morgan fingerprint density at radius 2 is 1.55 bits per heavy atom. The fourth-order valence-corrected chi connectivity index (χ4v) is 4.87. The molecule has 1 aliphatic rings. The molecule has 1 N–H and O–H groups in total. The van der Waals surface area contributed by atoms with E-state index in [-0.39, 0.29) is 30.6 Å². The van der Waals surface area contributed by atoms with Crippen LogP contribution in [0.1, 0.15) is 47.2 Å². The molecular formula is C31H25F4NO4. The number of halogens is 4. The maximum atomic E-state index is 14.1. The number of aryl methyl sites for hydroxylation is 2. The van der Waals surface area contributed by atoms with E-state index in [0.717, 1.165) is 28.8 Å². The molecule has 9 heteroatoms. The number of ketones is 1. The van der Waals surface area contributed by atoms with Gasteiger partial charge in [0.15, 0.2) is 5.76 Å². The maximum absolute atomic E-state index is 14.1. The number of carboxylic acids is 1. The van der Waals surface area contributed by atoms with Crippen molar-refractivity contribution in [2.75, 3.05) is 0 Å². The number of nitrogens with zero attached hydrogens (tertiary/aromatic N) is 1. The summed E-state index contributed by atoms with van der Waals surface area (Å²) in [6.45, 7) is 1.70. The highest BCUT2D eigenvalue weighted by molar-refractivity contribution is 5.85. The topological polar surface area (TPSA) is 80.4 Å². The first-order valence-corrected chi connectivity index (χ1v) is 12.8. The minimum absolute atomic E-state index is 0.0558. The minimum Gasteiger partial charge on any atom is -0.481 e. The summed E-state index contributed by atoms with van der Waals surface area (Å²) in [5.74, 6) is -1.46. The van der Waals surface area contributed by atoms with E-state index in [0.29, 0.717) is 41.5 Å². The molecule has 0 unspecified atom stereocenters. The first-order valence-electron chi connectivity index (χ1n) is 12.8. The molecule has 1 aromatic heterocycles. The zero-order valence-electron chi connectivity index (χ0n) is 21.5. The molecular weight excluding hydrogens is 526 g/mol. The number of carbonyl (C=O) groups excluding carboxylic acids is 1. The number of hydrogen-bond acceptors (Lipinski definition) is 4. The molecule has 0 aliphatic heterocycles. The molecule has 1 heterocycles. The number of alkyl halides is 3. The first-order chi connectivity index (χ1) is 19.0. The Morgan fingerprint density at radius 1 is 0.950 bits per heavy atom. The molecule has 4 aromatic rings. The van der Waals surface area contributed by atoms with E-state index < -0.39 is 28.9 Å². The van der Waals surface area contributed by atoms with Gasteiger partial charge in [0.2, 0.25) is 0 Å². The van der Waals surface area contributed by atoms with Crippen LogP contribution in [-0.2, 0) is 34.0 Å². The Hall–Kier alpha value is -4.27. The minimum atomic E-state index is -4.60. The molecule has 5 nitrogen and oxygen atoms in total. The van der Waals surface area contributed by atoms with Crippen LogP contribution in [0.4, 0.5) is 17.6 Å². The average Bonchev–Trinajstić information content (AvgIpc) is 3.67. The molecule has 0 radical (unpaired) electrons. The summed E-state index contributed by atoms with van der Waals surface area (Å²) >= 11 is 0. The van der Waals surface area contributed by atoms with Gasteiger partial charge in [-0.1, -0.05) is 53.7 Å². The van der Waals surface area contributed by atoms with Gasteiger partial charge in [-0.25, -0.2) is 4.39 Å². The van der Waals surface area contributed by atoms with E-state index in [1.165, 1.54) is 0 Å². The molecule has 0 atom stereocenters. The van der Waals surface area contributed by atoms with Crippen LogP contribution in [0, 0.1) is 12.7 Å². The highest BCUT2D eigenvalue weighted by Gasteiger charge is 2.51. The molecule has 0 amide bonds. The van der Waals surface area contributed by atoms with Gasteiger partial charge in [-0.05, 0) is 66.6 Å². The summed E-state index contributed by atoms with van der Waals surface area (Å²) in [5, 5.41) is 13.5. The summed E-state index contributed by atoms with van der Waals surface area (Å²) in [5.41, 5.74) is 2.51. The van der Waals surface area contributed by atoms with Crippen LogP contribution in [0.3, 0.4) is 0 Å². The molecule has 0 saturated heterocycles. The van der Waals surface area contributed by atoms with E-state index in [1.54, 1.807) is 6.92 Å². The highest BCUT2D eigenvalue weighted by atomic mass is 19.4. The molecule has 40 heavy (non-hydrogen) atoms. The molecule has 0 spiro atoms. The fourth-order valence-electron chi connectivity index (χ4n) is 4.87. The van der Waals surface area contributed by atoms with Crippen LogP contribution in [-0.4, -0.2) is 22.0 Å². The third kappa shape index (κ3) is 5.41. The van der Waals surface area contributed by atoms with Crippen LogP contribution in [0.5, 0.6) is 0 Å². The molecule has 1 saturated carbocycles. The van der Waals surface area contributed by atoms with Gasteiger partial charge in [-0.3, -0.25) is 9.59 Å². The number of carbonyl (C=O) groups is 2. The Labute approximate surface area is 227 Å². The van der Waals surface area contributed by atoms with Crippen molar-refractivity contribution in [1.82, 2.24) is 5.16 Å². The summed E-state index contributed by atoms with van der Waals surface area (Å²) in [7, 11) is 0. The van der Waals surface area contributed by atoms with Crippen molar-refractivity contribution in [3.8, 4) is 22.5 Å². The monoisotopic (exact) mass is 551 g/mol. The lowest BCUT2D eigenvalue weighted by Gasteiger charge is -2.11. The number of Topliss-reactive ketones (excluding diaryl/α,β-unsaturated/α-hetero) is 1. The van der Waals surface area contributed by atoms with E-state index in [9.17, 15) is 32.3 Å². The number of carboxylic acid groups (broad SMARTS) is 1. The third-order valence-corrected chi connectivity index (χ3v) is 7.48. The predicted octanol–water partition coefficient (Wildman–Crippen LogP) is 7.34. The van der Waals surface area contributed by atoms with Crippen molar-refractivity contribution in [1.29, 1.82) is 0 Å². The summed E-state index contributed by atoms with van der Waals surface area (Å²) < 4.78 is 58.5. The van der Waals surface area contributed by atoms with Crippen LogP contribution in [0.25, 0.3) is 22.5 Å². The SMILES string of the molecule is Cc1noc(-c2ccc(-c3ccc(C4(C(=O)O)CC4)cc3)cc2)c1CC(=O)CCc1cc(C(F)(F)F)ccc1F. The van der Waals surface area contributed by atoms with Gasteiger partial charge < -0.3 is 9.63 Å². The third-order valence-electron chi connectivity index (χ3n) is 7.48. The molecule has 206 valence electrons. The van der Waals surface area contributed by atoms with Gasteiger partial charge >= 0.3 is 12.1 Å². The summed E-state index contributed by atoms with van der Waals surface area (Å²) in [4.78, 5) is 24.3. The standard InChI is InChI=1S/C31H25F4NO4/c1-18-26(17-25(37)12-8-22-16-24(31(33,34)35)11-13-27(22)32)28(40-36-18)21-4-2-19(3-5-21)20-6-9-23(10-7-20)30(14-15-30)29(38)39/h2-7,9-11,13,16H,8,12,14-15,17H2,1H3,(H,38,39). The second kappa shape index (κ2) is 10.4. The summed E-state index contributed by atoms with van der Waals surface area (Å²) in [6, 6.07) is 17.1. The second-order valence-corrected chi connectivity index (χ2v) is 10.1. The largest absolute Gasteiger partial charge is 0.481 e. The number of benzene rings is 3. The maximum Gasteiger partial charge on any atom is 0.416 e. The van der Waals surface area contributed by atoms with Crippen LogP contribution in [0.15, 0.2) is 71.3 Å². The zero-order chi connectivity index (χ0) is 28.7. The van der Waals surface area contributed by atoms with Gasteiger partial charge in [0.25, 0.3) is 0 Å². The fraction of sp³-hybridized carbons (Fsp3) is 0.258. The highest BCUT2D eigenvalue weighted by Crippen LogP contribution is 2.48. The quantitative estimate of drug-likeness (QED) is 0.220. The molecule has 1 aliphatic carbocycles. The second-order valence-electron chi connectivity index (χ2n) is 10.1. The van der Waals surface area contributed by atoms with E-state index in [2.05, 4.69) is 5.16 Å². The van der Waals surface area contributed by atoms with Crippen molar-refractivity contribution >= 4 is 11.8 Å². The number of rotatable bonds is 9. The Kier molecular flexibility index (Phi) is 7.08. The number of hydrogen-bond donors (Lipinski definition) is 1. The van der Waals surface area contributed by atoms with Gasteiger partial charge in [0.05, 0.1) is 16.7 Å². The van der Waals surface area contributed by atoms with E-state index in [4.69, 9.17) is 4.52 Å². The number of aliphatic carboxylic acids is 1. The smallest absolute Gasteiger partial charge is 0.416 e. The predicted molar refractivity (Wildman–Crippen MR) is 139 cm³/mol. The molecule has 3 aromatic carbocycles. The van der Waals surface area contributed by atoms with Gasteiger partial charge in [0.1, 0.15) is 11.6 Å². The number of aromatic nitrogens is 1. The van der Waals surface area contributed by atoms with Crippen LogP contribution < -0.4 is 0 Å². The van der Waals surface area contributed by atoms with Crippen molar-refractivity contribution in [3.05, 3.63) is 100 Å². The molecule has 1 fully saturated rings. The van der Waals surface area contributed by atoms with Gasteiger partial charge in [0, 0.05) is 24.0 Å². The van der Waals surface area contributed by atoms with Crippen LogP contribution in [0.2, 0.25) is 0 Å². The van der Waals surface area contributed by atoms with Crippen molar-refractivity contribution < 1.29 is 36.8 Å². The van der Waals surface area contributed by atoms with E-state index >= 15 is 0 Å². The van der Waals surface area contributed by atoms with Crippen molar-refractivity contribution in [3.63, 3.8) is 0 Å². The normalized spacial score (nSPS) is 14.2. The average molecular weight is 552 g/mol. The lowest BCUT2D eigenvalue weighted by Crippen LogP contribution is -2.19. The van der Waals surface area contributed by atoms with Gasteiger partial charge in [-0.15, -0.1) is 0 Å². The zero-order valence-corrected chi connectivity index (χ0v) is 21.5. The lowest BCUT2D eigenvalue weighted by atomic mass is 9.93. The first kappa shape index (κ1) is 27.3. The van der Waals surface area contributed by atoms with Crippen molar-refractivity contribution in [2.24, 2.45) is 0 Å². The molecule has 5 rings (SSSR count). The van der Waals surface area contributed by atoms with Gasteiger partial charge in [-0.2, -0.15) is 13.2 Å².